The van der Waals surface area contributed by atoms with Crippen LogP contribution in [0, 0.1) is 13.8 Å². The molecule has 6 nitrogen and oxygen atoms in total. The fourth-order valence-electron chi connectivity index (χ4n) is 2.94. The number of benzene rings is 2. The molecule has 156 valence electrons. The van der Waals surface area contributed by atoms with E-state index in [1.54, 1.807) is 31.2 Å². The molecule has 0 unspecified atom stereocenters. The fraction of sp³-hybridized carbons (Fsp3) is 0.130. The minimum absolute atomic E-state index is 0.0176. The molecule has 4 aromatic rings. The van der Waals surface area contributed by atoms with E-state index in [2.05, 4.69) is 20.6 Å². The van der Waals surface area contributed by atoms with Crippen molar-refractivity contribution in [3.8, 4) is 10.6 Å². The van der Waals surface area contributed by atoms with Crippen LogP contribution in [0.1, 0.15) is 38.9 Å². The maximum Gasteiger partial charge on any atom is 0.257 e. The minimum Gasteiger partial charge on any atom is -0.332 e. The lowest BCUT2D eigenvalue weighted by Gasteiger charge is -2.03. The van der Waals surface area contributed by atoms with Gasteiger partial charge in [0, 0.05) is 22.2 Å². The van der Waals surface area contributed by atoms with Crippen LogP contribution < -0.4 is 10.6 Å². The first-order valence-electron chi connectivity index (χ1n) is 9.58. The molecule has 0 aliphatic rings. The number of aryl methyl sites for hydroxylation is 2. The number of hydrogen-bond donors (Lipinski definition) is 2. The minimum atomic E-state index is -0.189. The molecular weight excluding hydrogens is 428 g/mol. The molecule has 8 heteroatoms. The summed E-state index contributed by atoms with van der Waals surface area (Å²) in [4.78, 5) is 34.1. The third-order valence-electron chi connectivity index (χ3n) is 4.59. The van der Waals surface area contributed by atoms with Crippen LogP contribution in [0.15, 0.2) is 53.9 Å². The van der Waals surface area contributed by atoms with Gasteiger partial charge in [-0.2, -0.15) is 0 Å². The second-order valence-corrected chi connectivity index (χ2v) is 8.91. The molecule has 0 radical (unpaired) electrons. The van der Waals surface area contributed by atoms with Gasteiger partial charge in [-0.3, -0.25) is 14.9 Å². The van der Waals surface area contributed by atoms with Crippen LogP contribution in [0.25, 0.3) is 10.6 Å². The molecule has 0 atom stereocenters. The third-order valence-corrected chi connectivity index (χ3v) is 6.44. The van der Waals surface area contributed by atoms with Crippen LogP contribution in [-0.2, 0) is 0 Å². The van der Waals surface area contributed by atoms with Gasteiger partial charge in [0.15, 0.2) is 16.0 Å². The highest BCUT2D eigenvalue weighted by Gasteiger charge is 2.16. The van der Waals surface area contributed by atoms with Crippen molar-refractivity contribution in [3.63, 3.8) is 0 Å². The second-order valence-electron chi connectivity index (χ2n) is 7.05. The van der Waals surface area contributed by atoms with E-state index in [1.807, 2.05) is 43.5 Å². The summed E-state index contributed by atoms with van der Waals surface area (Å²) in [5.74, 6) is -0.171. The predicted molar refractivity (Wildman–Crippen MR) is 127 cm³/mol. The second kappa shape index (κ2) is 8.79. The van der Waals surface area contributed by atoms with Crippen molar-refractivity contribution in [3.05, 3.63) is 76.3 Å². The molecule has 31 heavy (non-hydrogen) atoms. The monoisotopic (exact) mass is 448 g/mol. The third kappa shape index (κ3) is 4.87. The molecule has 1 amide bonds. The first-order chi connectivity index (χ1) is 14.9. The van der Waals surface area contributed by atoms with Crippen molar-refractivity contribution < 1.29 is 9.59 Å². The summed E-state index contributed by atoms with van der Waals surface area (Å²) in [5.41, 5.74) is 4.74. The van der Waals surface area contributed by atoms with Gasteiger partial charge in [-0.1, -0.05) is 41.2 Å². The topological polar surface area (TPSA) is 84.0 Å². The number of anilines is 3. The Bertz CT molecular complexity index is 1260. The van der Waals surface area contributed by atoms with Gasteiger partial charge >= 0.3 is 0 Å². The first-order valence-corrected chi connectivity index (χ1v) is 11.3. The Balaban J connectivity index is 1.49. The van der Waals surface area contributed by atoms with Gasteiger partial charge in [0.05, 0.1) is 16.3 Å². The molecule has 4 rings (SSSR count). The number of rotatable bonds is 6. The van der Waals surface area contributed by atoms with Crippen LogP contribution in [0.3, 0.4) is 0 Å². The maximum absolute atomic E-state index is 12.5. The SMILES string of the molecule is CC(=O)c1cccc(Nc2nc(-c3sc(NC(=O)c4ccc(C)cc4)nc3C)cs2)c1. The van der Waals surface area contributed by atoms with Gasteiger partial charge in [-0.25, -0.2) is 9.97 Å². The van der Waals surface area contributed by atoms with Crippen molar-refractivity contribution in [2.24, 2.45) is 0 Å². The number of hydrogen-bond acceptors (Lipinski definition) is 7. The lowest BCUT2D eigenvalue weighted by molar-refractivity contribution is 0.101. The predicted octanol–water partition coefficient (Wildman–Crippen LogP) is 6.08. The molecule has 0 spiro atoms. The Labute approximate surface area is 188 Å². The van der Waals surface area contributed by atoms with Crippen molar-refractivity contribution >= 4 is 50.3 Å². The standard InChI is InChI=1S/C23H20N4O2S2/c1-13-7-9-16(10-8-13)21(29)27-23-24-14(2)20(31-23)19-12-30-22(26-19)25-18-6-4-5-17(11-18)15(3)28/h4-12H,1-3H3,(H,25,26)(H,24,27,29). The summed E-state index contributed by atoms with van der Waals surface area (Å²) in [6, 6.07) is 14.7. The van der Waals surface area contributed by atoms with E-state index >= 15 is 0 Å². The van der Waals surface area contributed by atoms with Crippen LogP contribution in [0.4, 0.5) is 16.0 Å². The Hall–Kier alpha value is -3.36. The number of Topliss-reactive ketones (excluding diaryl/α,β-unsaturated/α-hetero) is 1. The van der Waals surface area contributed by atoms with E-state index < -0.39 is 0 Å². The van der Waals surface area contributed by atoms with Crippen molar-refractivity contribution in [2.45, 2.75) is 20.8 Å². The summed E-state index contributed by atoms with van der Waals surface area (Å²) in [6.07, 6.45) is 0. The quantitative estimate of drug-likeness (QED) is 0.349. The Kier molecular flexibility index (Phi) is 5.92. The highest BCUT2D eigenvalue weighted by atomic mass is 32.1. The Morgan fingerprint density at radius 3 is 2.45 bits per heavy atom. The van der Waals surface area contributed by atoms with Crippen LogP contribution in [-0.4, -0.2) is 21.7 Å². The first kappa shape index (κ1) is 20.9. The molecule has 2 N–H and O–H groups in total. The molecule has 0 fully saturated rings. The number of carbonyl (C=O) groups excluding carboxylic acids is 2. The maximum atomic E-state index is 12.5. The van der Waals surface area contributed by atoms with Gasteiger partial charge < -0.3 is 5.32 Å². The number of aromatic nitrogens is 2. The fourth-order valence-corrected chi connectivity index (χ4v) is 4.66. The smallest absolute Gasteiger partial charge is 0.257 e. The van der Waals surface area contributed by atoms with E-state index in [9.17, 15) is 9.59 Å². The normalized spacial score (nSPS) is 10.7. The Morgan fingerprint density at radius 2 is 1.71 bits per heavy atom. The van der Waals surface area contributed by atoms with Crippen molar-refractivity contribution in [2.75, 3.05) is 10.6 Å². The highest BCUT2D eigenvalue weighted by Crippen LogP contribution is 2.35. The number of nitrogens with one attached hydrogen (secondary N) is 2. The van der Waals surface area contributed by atoms with Gasteiger partial charge in [-0.05, 0) is 45.0 Å². The van der Waals surface area contributed by atoms with E-state index in [0.29, 0.717) is 21.4 Å². The molecular formula is C23H20N4O2S2. The lowest BCUT2D eigenvalue weighted by atomic mass is 10.1. The molecule has 2 aromatic carbocycles. The number of thiazole rings is 2. The largest absolute Gasteiger partial charge is 0.332 e. The Morgan fingerprint density at radius 1 is 0.935 bits per heavy atom. The van der Waals surface area contributed by atoms with E-state index in [0.717, 1.165) is 27.5 Å². The molecule has 0 aliphatic carbocycles. The zero-order valence-corrected chi connectivity index (χ0v) is 18.9. The van der Waals surface area contributed by atoms with Gasteiger partial charge in [-0.15, -0.1) is 11.3 Å². The van der Waals surface area contributed by atoms with E-state index in [4.69, 9.17) is 0 Å². The molecule has 0 saturated heterocycles. The van der Waals surface area contributed by atoms with Crippen molar-refractivity contribution in [1.29, 1.82) is 0 Å². The number of ketones is 1. The average Bonchev–Trinajstić information content (AvgIpc) is 3.34. The van der Waals surface area contributed by atoms with E-state index in [-0.39, 0.29) is 11.7 Å². The molecule has 0 bridgehead atoms. The zero-order chi connectivity index (χ0) is 22.0. The number of nitrogens with zero attached hydrogens (tertiary/aromatic N) is 2. The highest BCUT2D eigenvalue weighted by molar-refractivity contribution is 7.20. The molecule has 2 heterocycles. The number of carbonyl (C=O) groups is 2. The molecule has 0 saturated carbocycles. The summed E-state index contributed by atoms with van der Waals surface area (Å²) in [5, 5.41) is 9.31. The van der Waals surface area contributed by atoms with Gasteiger partial charge in [0.25, 0.3) is 5.91 Å². The summed E-state index contributed by atoms with van der Waals surface area (Å²) in [6.45, 7) is 5.42. The zero-order valence-electron chi connectivity index (χ0n) is 17.2. The molecule has 0 aliphatic heterocycles. The lowest BCUT2D eigenvalue weighted by Crippen LogP contribution is -2.11. The van der Waals surface area contributed by atoms with Gasteiger partial charge in [0.2, 0.25) is 0 Å². The molecule has 2 aromatic heterocycles. The van der Waals surface area contributed by atoms with Crippen LogP contribution >= 0.6 is 22.7 Å². The number of amides is 1. The summed E-state index contributed by atoms with van der Waals surface area (Å²) >= 11 is 2.86. The van der Waals surface area contributed by atoms with E-state index in [1.165, 1.54) is 22.7 Å². The summed E-state index contributed by atoms with van der Waals surface area (Å²) in [7, 11) is 0. The van der Waals surface area contributed by atoms with Gasteiger partial charge in [0.1, 0.15) is 0 Å². The summed E-state index contributed by atoms with van der Waals surface area (Å²) < 4.78 is 0. The van der Waals surface area contributed by atoms with Crippen LogP contribution in [0.5, 0.6) is 0 Å². The average molecular weight is 449 g/mol. The van der Waals surface area contributed by atoms with Crippen molar-refractivity contribution in [1.82, 2.24) is 9.97 Å². The van der Waals surface area contributed by atoms with Crippen LogP contribution in [0.2, 0.25) is 0 Å².